The Morgan fingerprint density at radius 2 is 1.59 bits per heavy atom. The lowest BCUT2D eigenvalue weighted by atomic mass is 9.98. The molecule has 2 aromatic carbocycles. The number of aliphatic carboxylic acids is 1. The molecule has 1 aliphatic rings. The van der Waals surface area contributed by atoms with Crippen molar-refractivity contribution in [3.63, 3.8) is 0 Å². The molecule has 3 N–H and O–H groups in total. The zero-order valence-electron chi connectivity index (χ0n) is 18.0. The Balaban J connectivity index is 1.64. The molecule has 34 heavy (non-hydrogen) atoms. The van der Waals surface area contributed by atoms with Crippen LogP contribution >= 0.6 is 0 Å². The van der Waals surface area contributed by atoms with Gasteiger partial charge in [-0.05, 0) is 28.7 Å². The number of alkyl carbamates (subject to hydrolysis) is 1. The van der Waals surface area contributed by atoms with Gasteiger partial charge in [0, 0.05) is 5.92 Å². The maximum absolute atomic E-state index is 13.4. The number of alkyl halides is 3. The first-order valence-corrected chi connectivity index (χ1v) is 10.4. The molecule has 0 bridgehead atoms. The highest BCUT2D eigenvalue weighted by Crippen LogP contribution is 2.44. The van der Waals surface area contributed by atoms with E-state index in [1.807, 2.05) is 53.8 Å². The molecule has 2 amide bonds. The first kappa shape index (κ1) is 24.8. The molecule has 2 unspecified atom stereocenters. The Morgan fingerprint density at radius 3 is 2.09 bits per heavy atom. The van der Waals surface area contributed by atoms with Gasteiger partial charge in [0.05, 0.1) is 6.42 Å². The van der Waals surface area contributed by atoms with Gasteiger partial charge in [-0.15, -0.1) is 6.58 Å². The van der Waals surface area contributed by atoms with Crippen LogP contribution in [0.3, 0.4) is 0 Å². The van der Waals surface area contributed by atoms with Gasteiger partial charge < -0.3 is 20.5 Å². The second-order valence-corrected chi connectivity index (χ2v) is 7.75. The highest BCUT2D eigenvalue weighted by molar-refractivity contribution is 5.84. The largest absolute Gasteiger partial charge is 0.480 e. The number of hydrogen-bond acceptors (Lipinski definition) is 4. The summed E-state index contributed by atoms with van der Waals surface area (Å²) in [6.45, 7) is 3.15. The number of carboxylic acid groups (broad SMARTS) is 1. The minimum absolute atomic E-state index is 0.169. The molecule has 0 saturated heterocycles. The van der Waals surface area contributed by atoms with Gasteiger partial charge in [-0.1, -0.05) is 54.6 Å². The van der Waals surface area contributed by atoms with E-state index >= 15 is 0 Å². The summed E-state index contributed by atoms with van der Waals surface area (Å²) in [5, 5.41) is 12.7. The van der Waals surface area contributed by atoms with E-state index < -0.39 is 42.7 Å². The monoisotopic (exact) mass is 476 g/mol. The fraction of sp³-hybridized carbons (Fsp3) is 0.292. The van der Waals surface area contributed by atoms with Crippen LogP contribution in [0.5, 0.6) is 0 Å². The quantitative estimate of drug-likeness (QED) is 0.475. The molecule has 0 heterocycles. The maximum atomic E-state index is 13.4. The third-order valence-electron chi connectivity index (χ3n) is 5.46. The lowest BCUT2D eigenvalue weighted by Gasteiger charge is -2.22. The molecule has 10 heteroatoms. The second kappa shape index (κ2) is 10.4. The molecule has 3 rings (SSSR count). The number of hydrogen-bond donors (Lipinski definition) is 3. The highest BCUT2D eigenvalue weighted by atomic mass is 19.4. The average molecular weight is 476 g/mol. The number of carboxylic acids is 1. The minimum atomic E-state index is -4.96. The summed E-state index contributed by atoms with van der Waals surface area (Å²) < 4.78 is 45.4. The van der Waals surface area contributed by atoms with Gasteiger partial charge in [-0.25, -0.2) is 9.59 Å². The van der Waals surface area contributed by atoms with Crippen molar-refractivity contribution in [3.05, 3.63) is 72.3 Å². The third-order valence-corrected chi connectivity index (χ3v) is 5.46. The first-order valence-electron chi connectivity index (χ1n) is 10.4. The topological polar surface area (TPSA) is 105 Å². The van der Waals surface area contributed by atoms with Crippen molar-refractivity contribution in [1.29, 1.82) is 0 Å². The molecule has 1 aliphatic carbocycles. The van der Waals surface area contributed by atoms with Gasteiger partial charge >= 0.3 is 18.2 Å². The lowest BCUT2D eigenvalue weighted by Crippen LogP contribution is -2.50. The normalized spacial score (nSPS) is 14.3. The predicted octanol–water partition coefficient (Wildman–Crippen LogP) is 3.99. The number of amides is 2. The van der Waals surface area contributed by atoms with Crippen LogP contribution in [-0.4, -0.2) is 47.9 Å². The van der Waals surface area contributed by atoms with Crippen molar-refractivity contribution in [3.8, 4) is 11.1 Å². The van der Waals surface area contributed by atoms with Crippen molar-refractivity contribution in [2.24, 2.45) is 0 Å². The Morgan fingerprint density at radius 1 is 1.03 bits per heavy atom. The van der Waals surface area contributed by atoms with E-state index in [1.165, 1.54) is 6.08 Å². The number of benzene rings is 2. The summed E-state index contributed by atoms with van der Waals surface area (Å²) in [4.78, 5) is 35.3. The average Bonchev–Trinajstić information content (AvgIpc) is 3.10. The Labute approximate surface area is 193 Å². The SMILES string of the molecule is C=CCC(NC(=O)CC(NC(=O)OCC1c2ccccc2-c2ccccc21)C(F)(F)F)C(=O)O. The molecular formula is C24H23F3N2O5. The van der Waals surface area contributed by atoms with Crippen LogP contribution in [0, 0.1) is 0 Å². The summed E-state index contributed by atoms with van der Waals surface area (Å²) in [6, 6.07) is 11.0. The predicted molar refractivity (Wildman–Crippen MR) is 117 cm³/mol. The van der Waals surface area contributed by atoms with Crippen LogP contribution in [-0.2, 0) is 14.3 Å². The molecule has 180 valence electrons. The number of carbonyl (C=O) groups is 3. The standard InChI is InChI=1S/C24H23F3N2O5/c1-2-7-19(22(31)32)28-21(30)12-20(24(25,26)27)29-23(33)34-13-18-16-10-5-3-8-14(16)15-9-4-6-11-17(15)18/h2-6,8-11,18-20H,1,7,12-13H2,(H,28,30)(H,29,33)(H,31,32). The molecule has 2 atom stereocenters. The van der Waals surface area contributed by atoms with Crippen molar-refractivity contribution < 1.29 is 37.4 Å². The smallest absolute Gasteiger partial charge is 0.409 e. The van der Waals surface area contributed by atoms with Crippen molar-refractivity contribution in [1.82, 2.24) is 10.6 Å². The zero-order chi connectivity index (χ0) is 24.9. The first-order chi connectivity index (χ1) is 16.1. The van der Waals surface area contributed by atoms with Crippen LogP contribution in [0.15, 0.2) is 61.2 Å². The third kappa shape index (κ3) is 5.75. The van der Waals surface area contributed by atoms with E-state index in [0.717, 1.165) is 22.3 Å². The van der Waals surface area contributed by atoms with E-state index in [9.17, 15) is 27.6 Å². The molecule has 2 aromatic rings. The number of halogens is 3. The van der Waals surface area contributed by atoms with Crippen LogP contribution in [0.1, 0.15) is 29.9 Å². The molecule has 0 aromatic heterocycles. The minimum Gasteiger partial charge on any atom is -0.480 e. The molecule has 0 saturated carbocycles. The summed E-state index contributed by atoms with van der Waals surface area (Å²) in [7, 11) is 0. The molecular weight excluding hydrogens is 453 g/mol. The Hall–Kier alpha value is -3.82. The van der Waals surface area contributed by atoms with Gasteiger partial charge in [0.2, 0.25) is 5.91 Å². The van der Waals surface area contributed by atoms with Crippen molar-refractivity contribution in [2.75, 3.05) is 6.61 Å². The van der Waals surface area contributed by atoms with Gasteiger partial charge in [0.1, 0.15) is 18.7 Å². The number of fused-ring (bicyclic) bond motifs is 3. The van der Waals surface area contributed by atoms with Crippen molar-refractivity contribution in [2.45, 2.75) is 37.0 Å². The molecule has 0 radical (unpaired) electrons. The summed E-state index contributed by atoms with van der Waals surface area (Å²) >= 11 is 0. The van der Waals surface area contributed by atoms with Crippen LogP contribution < -0.4 is 10.6 Å². The zero-order valence-corrected chi connectivity index (χ0v) is 18.0. The van der Waals surface area contributed by atoms with Crippen LogP contribution in [0.2, 0.25) is 0 Å². The summed E-state index contributed by atoms with van der Waals surface area (Å²) in [5.41, 5.74) is 3.71. The van der Waals surface area contributed by atoms with Crippen LogP contribution in [0.25, 0.3) is 11.1 Å². The summed E-state index contributed by atoms with van der Waals surface area (Å²) in [6.07, 6.45) is -6.44. The van der Waals surface area contributed by atoms with E-state index in [0.29, 0.717) is 0 Å². The van der Waals surface area contributed by atoms with Crippen molar-refractivity contribution >= 4 is 18.0 Å². The van der Waals surface area contributed by atoms with Gasteiger partial charge in [0.15, 0.2) is 0 Å². The van der Waals surface area contributed by atoms with Gasteiger partial charge in [-0.3, -0.25) is 4.79 Å². The fourth-order valence-corrected chi connectivity index (χ4v) is 3.86. The van der Waals surface area contributed by atoms with Gasteiger partial charge in [-0.2, -0.15) is 13.2 Å². The van der Waals surface area contributed by atoms with E-state index in [1.54, 1.807) is 5.32 Å². The molecule has 0 fully saturated rings. The second-order valence-electron chi connectivity index (χ2n) is 7.75. The summed E-state index contributed by atoms with van der Waals surface area (Å²) in [5.74, 6) is -2.95. The van der Waals surface area contributed by atoms with E-state index in [4.69, 9.17) is 9.84 Å². The van der Waals surface area contributed by atoms with E-state index in [-0.39, 0.29) is 18.9 Å². The fourth-order valence-electron chi connectivity index (χ4n) is 3.86. The number of ether oxygens (including phenoxy) is 1. The molecule has 0 spiro atoms. The van der Waals surface area contributed by atoms with E-state index in [2.05, 4.69) is 6.58 Å². The number of nitrogens with one attached hydrogen (secondary N) is 2. The molecule has 7 nitrogen and oxygen atoms in total. The Kier molecular flexibility index (Phi) is 7.60. The lowest BCUT2D eigenvalue weighted by molar-refractivity contribution is -0.160. The van der Waals surface area contributed by atoms with Crippen LogP contribution in [0.4, 0.5) is 18.0 Å². The number of carbonyl (C=O) groups excluding carboxylic acids is 2. The van der Waals surface area contributed by atoms with Gasteiger partial charge in [0.25, 0.3) is 0 Å². The Bertz CT molecular complexity index is 1040. The number of rotatable bonds is 9. The highest BCUT2D eigenvalue weighted by Gasteiger charge is 2.43. The maximum Gasteiger partial charge on any atom is 0.409 e. The molecule has 0 aliphatic heterocycles.